The Hall–Kier alpha value is -1.71. The number of carbonyl (C=O) groups is 1. The number of phenols is 2. The largest absolute Gasteiger partial charge is 0.507 e. The lowest BCUT2D eigenvalue weighted by Gasteiger charge is -2.15. The van der Waals surface area contributed by atoms with E-state index in [0.29, 0.717) is 12.8 Å². The first kappa shape index (κ1) is 9.83. The van der Waals surface area contributed by atoms with Crippen LogP contribution in [0.5, 0.6) is 11.5 Å². The number of phenolic OH excluding ortho intramolecular Hbond substituents is 2. The van der Waals surface area contributed by atoms with E-state index in [4.69, 9.17) is 0 Å². The van der Waals surface area contributed by atoms with Crippen LogP contribution < -0.4 is 0 Å². The van der Waals surface area contributed by atoms with Crippen molar-refractivity contribution in [2.24, 2.45) is 0 Å². The van der Waals surface area contributed by atoms with Crippen LogP contribution in [0, 0.1) is 0 Å². The van der Waals surface area contributed by atoms with Crippen molar-refractivity contribution in [3.05, 3.63) is 23.8 Å². The molecule has 2 rings (SSSR count). The van der Waals surface area contributed by atoms with Gasteiger partial charge in [-0.15, -0.1) is 0 Å². The van der Waals surface area contributed by atoms with E-state index in [1.54, 1.807) is 0 Å². The smallest absolute Gasteiger partial charge is 0.316 e. The number of methoxy groups -OCH3 is 1. The minimum absolute atomic E-state index is 0.0575. The van der Waals surface area contributed by atoms with Gasteiger partial charge in [-0.25, -0.2) is 0 Å². The van der Waals surface area contributed by atoms with Gasteiger partial charge in [0.25, 0.3) is 0 Å². The van der Waals surface area contributed by atoms with Crippen LogP contribution in [0.15, 0.2) is 18.2 Å². The van der Waals surface area contributed by atoms with Gasteiger partial charge in [0.15, 0.2) is 0 Å². The molecule has 4 heteroatoms. The highest BCUT2D eigenvalue weighted by Crippen LogP contribution is 2.54. The number of carbonyl (C=O) groups excluding carboxylic acids is 1. The minimum atomic E-state index is -0.829. The topological polar surface area (TPSA) is 66.8 Å². The lowest BCUT2D eigenvalue weighted by atomic mass is 9.94. The van der Waals surface area contributed by atoms with Crippen molar-refractivity contribution in [3.8, 4) is 11.5 Å². The van der Waals surface area contributed by atoms with Gasteiger partial charge in [-0.1, -0.05) is 6.07 Å². The molecule has 80 valence electrons. The maximum Gasteiger partial charge on any atom is 0.316 e. The van der Waals surface area contributed by atoms with Crippen LogP contribution in [0.2, 0.25) is 0 Å². The number of esters is 1. The van der Waals surface area contributed by atoms with Crippen LogP contribution in [0.1, 0.15) is 18.4 Å². The maximum atomic E-state index is 11.6. The quantitative estimate of drug-likeness (QED) is 0.719. The Morgan fingerprint density at radius 1 is 1.33 bits per heavy atom. The molecule has 0 saturated heterocycles. The van der Waals surface area contributed by atoms with Gasteiger partial charge in [0.2, 0.25) is 0 Å². The highest BCUT2D eigenvalue weighted by molar-refractivity contribution is 5.88. The second-order valence-electron chi connectivity index (χ2n) is 3.74. The normalized spacial score (nSPS) is 17.1. The van der Waals surface area contributed by atoms with Crippen molar-refractivity contribution in [2.45, 2.75) is 18.3 Å². The molecule has 0 atom stereocenters. The molecule has 0 unspecified atom stereocenters. The second-order valence-corrected chi connectivity index (χ2v) is 3.74. The van der Waals surface area contributed by atoms with Crippen molar-refractivity contribution in [3.63, 3.8) is 0 Å². The molecule has 1 aromatic carbocycles. The van der Waals surface area contributed by atoms with E-state index in [2.05, 4.69) is 4.74 Å². The SMILES string of the molecule is COC(=O)C1(c2c(O)cccc2O)CC1. The van der Waals surface area contributed by atoms with Crippen LogP contribution >= 0.6 is 0 Å². The standard InChI is InChI=1S/C11H12O4/c1-15-10(14)11(5-6-11)9-7(12)3-2-4-8(9)13/h2-4,12-13H,5-6H2,1H3. The lowest BCUT2D eigenvalue weighted by molar-refractivity contribution is -0.143. The average Bonchev–Trinajstić information content (AvgIpc) is 2.98. The summed E-state index contributed by atoms with van der Waals surface area (Å²) in [6.45, 7) is 0. The maximum absolute atomic E-state index is 11.6. The van der Waals surface area contributed by atoms with E-state index in [-0.39, 0.29) is 17.1 Å². The summed E-state index contributed by atoms with van der Waals surface area (Å²) in [6, 6.07) is 4.44. The molecule has 15 heavy (non-hydrogen) atoms. The van der Waals surface area contributed by atoms with Crippen molar-refractivity contribution in [1.82, 2.24) is 0 Å². The Morgan fingerprint density at radius 2 is 1.87 bits per heavy atom. The molecule has 1 aliphatic rings. The molecule has 1 aromatic rings. The summed E-state index contributed by atoms with van der Waals surface area (Å²) >= 11 is 0. The first-order chi connectivity index (χ1) is 7.12. The summed E-state index contributed by atoms with van der Waals surface area (Å²) in [5.41, 5.74) is -0.540. The third-order valence-electron chi connectivity index (χ3n) is 2.83. The van der Waals surface area contributed by atoms with Crippen LogP contribution in [0.3, 0.4) is 0 Å². The molecule has 0 bridgehead atoms. The van der Waals surface area contributed by atoms with Crippen LogP contribution in [-0.2, 0) is 14.9 Å². The van der Waals surface area contributed by atoms with Crippen LogP contribution in [0.4, 0.5) is 0 Å². The summed E-state index contributed by atoms with van der Waals surface area (Å²) in [7, 11) is 1.30. The Morgan fingerprint density at radius 3 is 2.27 bits per heavy atom. The van der Waals surface area contributed by atoms with Crippen LogP contribution in [-0.4, -0.2) is 23.3 Å². The van der Waals surface area contributed by atoms with Gasteiger partial charge in [-0.2, -0.15) is 0 Å². The van der Waals surface area contributed by atoms with Gasteiger partial charge in [0.1, 0.15) is 16.9 Å². The summed E-state index contributed by atoms with van der Waals surface area (Å²) in [5.74, 6) is -0.518. The molecular weight excluding hydrogens is 196 g/mol. The fraction of sp³-hybridized carbons (Fsp3) is 0.364. The number of aromatic hydroxyl groups is 2. The molecule has 0 aliphatic heterocycles. The Bertz CT molecular complexity index is 387. The Balaban J connectivity index is 2.50. The van der Waals surface area contributed by atoms with Gasteiger partial charge in [0.05, 0.1) is 12.7 Å². The molecule has 0 amide bonds. The molecule has 0 aromatic heterocycles. The van der Waals surface area contributed by atoms with Crippen molar-refractivity contribution >= 4 is 5.97 Å². The third-order valence-corrected chi connectivity index (χ3v) is 2.83. The van der Waals surface area contributed by atoms with E-state index in [9.17, 15) is 15.0 Å². The highest BCUT2D eigenvalue weighted by atomic mass is 16.5. The van der Waals surface area contributed by atoms with Crippen molar-refractivity contribution in [2.75, 3.05) is 7.11 Å². The molecule has 1 saturated carbocycles. The molecule has 1 aliphatic carbocycles. The zero-order valence-electron chi connectivity index (χ0n) is 8.36. The number of hydrogen-bond acceptors (Lipinski definition) is 4. The van der Waals surface area contributed by atoms with E-state index in [1.165, 1.54) is 25.3 Å². The molecule has 2 N–H and O–H groups in total. The Labute approximate surface area is 87.1 Å². The first-order valence-electron chi connectivity index (χ1n) is 4.71. The monoisotopic (exact) mass is 208 g/mol. The molecule has 0 heterocycles. The van der Waals surface area contributed by atoms with Crippen molar-refractivity contribution < 1.29 is 19.7 Å². The molecule has 4 nitrogen and oxygen atoms in total. The summed E-state index contributed by atoms with van der Waals surface area (Å²) in [6.07, 6.45) is 1.20. The second kappa shape index (κ2) is 3.15. The van der Waals surface area contributed by atoms with Crippen molar-refractivity contribution in [1.29, 1.82) is 0 Å². The van der Waals surface area contributed by atoms with E-state index in [0.717, 1.165) is 0 Å². The fourth-order valence-electron chi connectivity index (χ4n) is 1.90. The van der Waals surface area contributed by atoms with E-state index in [1.807, 2.05) is 0 Å². The third kappa shape index (κ3) is 1.33. The first-order valence-corrected chi connectivity index (χ1v) is 4.71. The predicted octanol–water partition coefficient (Wildman–Crippen LogP) is 1.30. The number of hydrogen-bond donors (Lipinski definition) is 2. The van der Waals surface area contributed by atoms with Gasteiger partial charge < -0.3 is 14.9 Å². The fourth-order valence-corrected chi connectivity index (χ4v) is 1.90. The predicted molar refractivity (Wildman–Crippen MR) is 52.7 cm³/mol. The highest BCUT2D eigenvalue weighted by Gasteiger charge is 2.55. The zero-order chi connectivity index (χ0) is 11.1. The summed E-state index contributed by atoms with van der Waals surface area (Å²) in [5, 5.41) is 19.3. The zero-order valence-corrected chi connectivity index (χ0v) is 8.36. The Kier molecular flexibility index (Phi) is 2.07. The number of benzene rings is 1. The molecular formula is C11H12O4. The van der Waals surface area contributed by atoms with Gasteiger partial charge in [-0.3, -0.25) is 4.79 Å². The molecule has 0 spiro atoms. The molecule has 1 fully saturated rings. The average molecular weight is 208 g/mol. The van der Waals surface area contributed by atoms with Gasteiger partial charge in [0, 0.05) is 0 Å². The molecule has 0 radical (unpaired) electrons. The van der Waals surface area contributed by atoms with Gasteiger partial charge >= 0.3 is 5.97 Å². The summed E-state index contributed by atoms with van der Waals surface area (Å²) in [4.78, 5) is 11.6. The van der Waals surface area contributed by atoms with E-state index < -0.39 is 11.4 Å². The van der Waals surface area contributed by atoms with Gasteiger partial charge in [-0.05, 0) is 25.0 Å². The van der Waals surface area contributed by atoms with E-state index >= 15 is 0 Å². The lowest BCUT2D eigenvalue weighted by Crippen LogP contribution is -2.22. The summed E-state index contributed by atoms with van der Waals surface area (Å²) < 4.78 is 4.68. The van der Waals surface area contributed by atoms with Crippen LogP contribution in [0.25, 0.3) is 0 Å². The number of ether oxygens (including phenoxy) is 1. The minimum Gasteiger partial charge on any atom is -0.507 e. The number of rotatable bonds is 2.